The summed E-state index contributed by atoms with van der Waals surface area (Å²) in [7, 11) is 0. The average molecular weight is 548 g/mol. The molecule has 5 aliphatic carbocycles. The number of hydrogen-bond donors (Lipinski definition) is 2. The summed E-state index contributed by atoms with van der Waals surface area (Å²) in [6.45, 7) is 9.56. The van der Waals surface area contributed by atoms with Crippen LogP contribution in [0.5, 0.6) is 0 Å². The maximum absolute atomic E-state index is 17.1. The summed E-state index contributed by atoms with van der Waals surface area (Å²) >= 11 is 3.32. The number of carbonyl (C=O) groups excluding carboxylic acids is 2. The van der Waals surface area contributed by atoms with Crippen molar-refractivity contribution in [3.8, 4) is 0 Å². The normalized spacial score (nSPS) is 46.0. The Kier molecular flexibility index (Phi) is 5.56. The van der Waals surface area contributed by atoms with E-state index < -0.39 is 26.5 Å². The summed E-state index contributed by atoms with van der Waals surface area (Å²) in [5.74, 6) is 1.37. The Morgan fingerprint density at radius 3 is 2.74 bits per heavy atom. The Balaban J connectivity index is 0.00000124. The van der Waals surface area contributed by atoms with Gasteiger partial charge in [-0.2, -0.15) is 0 Å². The molecular formula is C28H35BrFNO4. The number of carbonyl (C=O) groups is 1. The average Bonchev–Trinajstić information content (AvgIpc) is 2.99. The first kappa shape index (κ1) is 25.1. The third-order valence-electron chi connectivity index (χ3n) is 9.73. The Hall–Kier alpha value is -1.53. The number of allylic oxidation sites excluding steroid dienone is 3. The zero-order chi connectivity index (χ0) is 25.6. The van der Waals surface area contributed by atoms with Crippen LogP contribution in [0.15, 0.2) is 41.0 Å². The fourth-order valence-corrected chi connectivity index (χ4v) is 8.46. The number of ether oxygens (including phenoxy) is 1. The van der Waals surface area contributed by atoms with Gasteiger partial charge in [0.05, 0.1) is 11.1 Å². The van der Waals surface area contributed by atoms with Crippen molar-refractivity contribution in [3.63, 3.8) is 0 Å². The van der Waals surface area contributed by atoms with E-state index >= 15 is 4.39 Å². The van der Waals surface area contributed by atoms with Crippen LogP contribution in [0.3, 0.4) is 0 Å². The molecule has 2 spiro atoms. The van der Waals surface area contributed by atoms with Crippen molar-refractivity contribution in [2.75, 3.05) is 6.61 Å². The molecule has 1 aliphatic heterocycles. The van der Waals surface area contributed by atoms with Crippen LogP contribution in [0.2, 0.25) is 0 Å². The van der Waals surface area contributed by atoms with Crippen LogP contribution < -0.4 is 5.32 Å². The van der Waals surface area contributed by atoms with Crippen molar-refractivity contribution in [1.82, 2.24) is 5.32 Å². The molecule has 2 N–H and O–H groups in total. The summed E-state index contributed by atoms with van der Waals surface area (Å²) in [4.78, 5) is 23.4. The van der Waals surface area contributed by atoms with E-state index in [0.29, 0.717) is 18.4 Å². The van der Waals surface area contributed by atoms with Gasteiger partial charge in [0.15, 0.2) is 5.67 Å². The quantitative estimate of drug-likeness (QED) is 0.235. The lowest BCUT2D eigenvalue weighted by Gasteiger charge is -2.73. The van der Waals surface area contributed by atoms with Gasteiger partial charge in [0.1, 0.15) is 22.5 Å². The van der Waals surface area contributed by atoms with Crippen LogP contribution >= 0.6 is 15.9 Å². The van der Waals surface area contributed by atoms with E-state index in [-0.39, 0.29) is 36.4 Å². The number of fused-ring (bicyclic) bond motifs is 1. The molecule has 0 bridgehead atoms. The van der Waals surface area contributed by atoms with Gasteiger partial charge in [-0.1, -0.05) is 48.9 Å². The van der Waals surface area contributed by atoms with Gasteiger partial charge in [0, 0.05) is 17.4 Å². The molecule has 35 heavy (non-hydrogen) atoms. The lowest BCUT2D eigenvalue weighted by atomic mass is 9.39. The smallest absolute Gasteiger partial charge is 0.322 e. The largest absolute Gasteiger partial charge is 0.460 e. The van der Waals surface area contributed by atoms with Crippen LogP contribution in [-0.2, 0) is 14.3 Å². The highest BCUT2D eigenvalue weighted by Gasteiger charge is 2.82. The molecule has 1 saturated heterocycles. The fraction of sp³-hybridized carbons (Fsp3) is 0.679. The van der Waals surface area contributed by atoms with E-state index in [9.17, 15) is 14.7 Å². The second-order valence-corrected chi connectivity index (χ2v) is 13.4. The molecule has 4 fully saturated rings. The Morgan fingerprint density at radius 2 is 2.09 bits per heavy atom. The lowest BCUT2D eigenvalue weighted by molar-refractivity contribution is -0.214. The molecule has 6 aliphatic rings. The number of hydrogen-bond acceptors (Lipinski definition) is 5. The summed E-state index contributed by atoms with van der Waals surface area (Å²) in [5, 5.41) is 15.5. The van der Waals surface area contributed by atoms with E-state index in [2.05, 4.69) is 27.3 Å². The molecule has 8 unspecified atom stereocenters. The van der Waals surface area contributed by atoms with E-state index in [1.165, 1.54) is 0 Å². The molecule has 5 nitrogen and oxygen atoms in total. The molecule has 8 atom stereocenters. The van der Waals surface area contributed by atoms with Crippen molar-refractivity contribution in [3.05, 3.63) is 41.0 Å². The SMILES string of the molecule is CC.CC1CC2C3CCC4=CC(=C=O)C=CC45NC(CC24C=C(COC(=O)C(C)(C)Br)C14O)C35F. The van der Waals surface area contributed by atoms with Gasteiger partial charge in [-0.15, -0.1) is 0 Å². The van der Waals surface area contributed by atoms with Crippen molar-refractivity contribution in [1.29, 1.82) is 0 Å². The number of halogens is 2. The number of nitrogens with one attached hydrogen (secondary N) is 1. The molecule has 1 heterocycles. The highest BCUT2D eigenvalue weighted by atomic mass is 79.9. The molecule has 6 rings (SSSR count). The zero-order valence-corrected chi connectivity index (χ0v) is 22.7. The first-order chi connectivity index (χ1) is 16.4. The fourth-order valence-electron chi connectivity index (χ4n) is 8.34. The van der Waals surface area contributed by atoms with Crippen LogP contribution in [0.25, 0.3) is 0 Å². The molecule has 0 aromatic rings. The highest BCUT2D eigenvalue weighted by molar-refractivity contribution is 9.10. The van der Waals surface area contributed by atoms with Crippen molar-refractivity contribution in [2.24, 2.45) is 23.2 Å². The number of alkyl halides is 2. The first-order valence-electron chi connectivity index (χ1n) is 12.9. The Morgan fingerprint density at radius 1 is 1.37 bits per heavy atom. The molecular weight excluding hydrogens is 513 g/mol. The van der Waals surface area contributed by atoms with Gasteiger partial charge in [-0.3, -0.25) is 10.1 Å². The van der Waals surface area contributed by atoms with E-state index in [4.69, 9.17) is 4.74 Å². The molecule has 0 amide bonds. The first-order valence-corrected chi connectivity index (χ1v) is 13.7. The van der Waals surface area contributed by atoms with Gasteiger partial charge < -0.3 is 9.84 Å². The van der Waals surface area contributed by atoms with Crippen LogP contribution in [0.1, 0.15) is 60.3 Å². The van der Waals surface area contributed by atoms with E-state index in [1.54, 1.807) is 26.0 Å². The number of aliphatic hydroxyl groups is 1. The highest BCUT2D eigenvalue weighted by Crippen LogP contribution is 2.76. The summed E-state index contributed by atoms with van der Waals surface area (Å²) < 4.78 is 21.8. The molecule has 0 aromatic carbocycles. The lowest BCUT2D eigenvalue weighted by Crippen LogP contribution is -2.89. The predicted octanol–water partition coefficient (Wildman–Crippen LogP) is 4.53. The maximum atomic E-state index is 17.1. The zero-order valence-electron chi connectivity index (χ0n) is 21.1. The minimum absolute atomic E-state index is 0.0303. The molecule has 190 valence electrons. The van der Waals surface area contributed by atoms with Crippen molar-refractivity contribution in [2.45, 2.75) is 87.5 Å². The summed E-state index contributed by atoms with van der Waals surface area (Å²) in [6.07, 6.45) is 10.1. The van der Waals surface area contributed by atoms with Gasteiger partial charge in [0.25, 0.3) is 0 Å². The van der Waals surface area contributed by atoms with Crippen molar-refractivity contribution < 1.29 is 23.8 Å². The second kappa shape index (κ2) is 7.74. The number of esters is 1. The number of rotatable bonds is 3. The second-order valence-electron chi connectivity index (χ2n) is 11.5. The van der Waals surface area contributed by atoms with E-state index in [1.807, 2.05) is 32.8 Å². The van der Waals surface area contributed by atoms with Crippen LogP contribution in [-0.4, -0.2) is 50.8 Å². The van der Waals surface area contributed by atoms with Gasteiger partial charge >= 0.3 is 5.97 Å². The summed E-state index contributed by atoms with van der Waals surface area (Å²) in [5.41, 5.74) is -1.70. The molecule has 3 saturated carbocycles. The van der Waals surface area contributed by atoms with Crippen LogP contribution in [0, 0.1) is 23.2 Å². The minimum Gasteiger partial charge on any atom is -0.460 e. The Bertz CT molecular complexity index is 1120. The van der Waals surface area contributed by atoms with Gasteiger partial charge in [-0.25, -0.2) is 9.18 Å². The Labute approximate surface area is 215 Å². The monoisotopic (exact) mass is 547 g/mol. The molecule has 0 aromatic heterocycles. The van der Waals surface area contributed by atoms with Crippen molar-refractivity contribution >= 4 is 27.8 Å². The third kappa shape index (κ3) is 2.82. The molecule has 0 radical (unpaired) electrons. The maximum Gasteiger partial charge on any atom is 0.322 e. The topological polar surface area (TPSA) is 75.6 Å². The van der Waals surface area contributed by atoms with Gasteiger partial charge in [0.2, 0.25) is 0 Å². The third-order valence-corrected chi connectivity index (χ3v) is 10.1. The minimum atomic E-state index is -1.43. The molecule has 7 heteroatoms. The predicted molar refractivity (Wildman–Crippen MR) is 135 cm³/mol. The summed E-state index contributed by atoms with van der Waals surface area (Å²) in [6, 6.07) is -0.368. The standard InChI is InChI=1S/C26H29BrFNO4.C2H6/c1-14-8-19-18-5-4-16-9-15(12-30)6-7-24(16)25(18,28)20(29-24)11-23(19)10-17(26(14,23)32)13-33-21(31)22(2,3)27;1-2/h6-7,9-10,14,18-20,29,32H,4-5,8,11,13H2,1-3H3;1-2H3. The van der Waals surface area contributed by atoms with E-state index in [0.717, 1.165) is 24.0 Å². The van der Waals surface area contributed by atoms with Crippen LogP contribution in [0.4, 0.5) is 4.39 Å². The van der Waals surface area contributed by atoms with Gasteiger partial charge in [-0.05, 0) is 74.7 Å².